The highest BCUT2D eigenvalue weighted by Crippen LogP contribution is 2.19. The lowest BCUT2D eigenvalue weighted by atomic mass is 10.1. The number of methoxy groups -OCH3 is 1. The topological polar surface area (TPSA) is 93.9 Å². The first-order valence-electron chi connectivity index (χ1n) is 8.05. The lowest BCUT2D eigenvalue weighted by Gasteiger charge is -2.27. The predicted molar refractivity (Wildman–Crippen MR) is 98.2 cm³/mol. The molecule has 1 aromatic rings. The molecular formula is C17H26ClN3O4. The van der Waals surface area contributed by atoms with Gasteiger partial charge in [-0.05, 0) is 24.6 Å². The molecule has 1 aromatic carbocycles. The molecule has 0 aromatic heterocycles. The molecule has 25 heavy (non-hydrogen) atoms. The number of amides is 2. The van der Waals surface area contributed by atoms with Crippen LogP contribution in [0.1, 0.15) is 22.3 Å². The number of halogens is 1. The number of hydrogen-bond donors (Lipinski definition) is 2. The minimum absolute atomic E-state index is 0. The standard InChI is InChI=1S/C17H25N3O4.ClH/c1-12-3-4-13(17(22)20-5-7-24-8-6-20)9-15(12)19-16(21)10-14(11-18)23-2;/h3-4,9,14H,5-8,10-11,18H2,1-2H3,(H,19,21);1H. The van der Waals surface area contributed by atoms with Crippen molar-refractivity contribution in [1.82, 2.24) is 4.90 Å². The third-order valence-electron chi connectivity index (χ3n) is 4.07. The molecule has 2 rings (SSSR count). The summed E-state index contributed by atoms with van der Waals surface area (Å²) in [5.74, 6) is -0.239. The zero-order valence-electron chi connectivity index (χ0n) is 14.6. The van der Waals surface area contributed by atoms with Gasteiger partial charge in [0.25, 0.3) is 5.91 Å². The lowest BCUT2D eigenvalue weighted by molar-refractivity contribution is -0.118. The third kappa shape index (κ3) is 5.97. The first-order chi connectivity index (χ1) is 11.5. The van der Waals surface area contributed by atoms with E-state index in [-0.39, 0.29) is 43.3 Å². The van der Waals surface area contributed by atoms with Crippen LogP contribution >= 0.6 is 12.4 Å². The van der Waals surface area contributed by atoms with Gasteiger partial charge in [-0.15, -0.1) is 12.4 Å². The lowest BCUT2D eigenvalue weighted by Crippen LogP contribution is -2.40. The van der Waals surface area contributed by atoms with E-state index in [0.29, 0.717) is 37.6 Å². The Kier molecular flexibility index (Phi) is 8.85. The monoisotopic (exact) mass is 371 g/mol. The summed E-state index contributed by atoms with van der Waals surface area (Å²) in [4.78, 5) is 26.4. The minimum Gasteiger partial charge on any atom is -0.380 e. The van der Waals surface area contributed by atoms with Crippen molar-refractivity contribution in [1.29, 1.82) is 0 Å². The van der Waals surface area contributed by atoms with Gasteiger partial charge < -0.3 is 25.4 Å². The van der Waals surface area contributed by atoms with E-state index in [1.165, 1.54) is 7.11 Å². The van der Waals surface area contributed by atoms with Crippen LogP contribution in [-0.2, 0) is 14.3 Å². The van der Waals surface area contributed by atoms with E-state index in [1.807, 2.05) is 13.0 Å². The molecule has 1 aliphatic heterocycles. The van der Waals surface area contributed by atoms with Crippen LogP contribution in [0, 0.1) is 6.92 Å². The fourth-order valence-corrected chi connectivity index (χ4v) is 2.51. The van der Waals surface area contributed by atoms with Gasteiger partial charge in [-0.1, -0.05) is 6.07 Å². The Labute approximate surface area is 154 Å². The molecule has 1 heterocycles. The molecular weight excluding hydrogens is 346 g/mol. The Morgan fingerprint density at radius 1 is 1.36 bits per heavy atom. The summed E-state index contributed by atoms with van der Waals surface area (Å²) in [6.07, 6.45) is -0.142. The number of nitrogens with zero attached hydrogens (tertiary/aromatic N) is 1. The zero-order valence-corrected chi connectivity index (χ0v) is 15.4. The van der Waals surface area contributed by atoms with Crippen molar-refractivity contribution >= 4 is 29.9 Å². The average molecular weight is 372 g/mol. The summed E-state index contributed by atoms with van der Waals surface area (Å²) in [5.41, 5.74) is 7.61. The number of aryl methyl sites for hydroxylation is 1. The number of hydrogen-bond acceptors (Lipinski definition) is 5. The molecule has 0 spiro atoms. The highest BCUT2D eigenvalue weighted by atomic mass is 35.5. The Hall–Kier alpha value is -1.67. The van der Waals surface area contributed by atoms with Gasteiger partial charge in [0.2, 0.25) is 5.91 Å². The second-order valence-corrected chi connectivity index (χ2v) is 5.78. The van der Waals surface area contributed by atoms with Gasteiger partial charge >= 0.3 is 0 Å². The van der Waals surface area contributed by atoms with Crippen molar-refractivity contribution in [3.63, 3.8) is 0 Å². The van der Waals surface area contributed by atoms with Crippen molar-refractivity contribution in [2.45, 2.75) is 19.4 Å². The third-order valence-corrected chi connectivity index (χ3v) is 4.07. The highest BCUT2D eigenvalue weighted by Gasteiger charge is 2.20. The van der Waals surface area contributed by atoms with Gasteiger partial charge in [-0.25, -0.2) is 0 Å². The second kappa shape index (κ2) is 10.4. The summed E-state index contributed by atoms with van der Waals surface area (Å²) in [6, 6.07) is 5.33. The smallest absolute Gasteiger partial charge is 0.254 e. The van der Waals surface area contributed by atoms with Gasteiger partial charge in [0, 0.05) is 38.0 Å². The largest absolute Gasteiger partial charge is 0.380 e. The summed E-state index contributed by atoms with van der Waals surface area (Å²) in [5, 5.41) is 2.84. The van der Waals surface area contributed by atoms with Crippen LogP contribution in [0.3, 0.4) is 0 Å². The SMILES string of the molecule is COC(CN)CC(=O)Nc1cc(C(=O)N2CCOCC2)ccc1C.Cl. The van der Waals surface area contributed by atoms with E-state index in [2.05, 4.69) is 5.32 Å². The van der Waals surface area contributed by atoms with E-state index < -0.39 is 0 Å². The molecule has 1 aliphatic rings. The molecule has 0 saturated carbocycles. The number of carbonyl (C=O) groups is 2. The number of anilines is 1. The molecule has 0 aliphatic carbocycles. The number of carbonyl (C=O) groups excluding carboxylic acids is 2. The van der Waals surface area contributed by atoms with Gasteiger partial charge in [-0.3, -0.25) is 9.59 Å². The molecule has 1 unspecified atom stereocenters. The van der Waals surface area contributed by atoms with Crippen LogP contribution in [0.4, 0.5) is 5.69 Å². The van der Waals surface area contributed by atoms with Gasteiger partial charge in [-0.2, -0.15) is 0 Å². The second-order valence-electron chi connectivity index (χ2n) is 5.78. The number of ether oxygens (including phenoxy) is 2. The van der Waals surface area contributed by atoms with Gasteiger partial charge in [0.15, 0.2) is 0 Å². The molecule has 0 radical (unpaired) electrons. The predicted octanol–water partition coefficient (Wildman–Crippen LogP) is 1.19. The molecule has 0 bridgehead atoms. The zero-order chi connectivity index (χ0) is 17.5. The Morgan fingerprint density at radius 3 is 2.64 bits per heavy atom. The number of nitrogens with two attached hydrogens (primary N) is 1. The first-order valence-corrected chi connectivity index (χ1v) is 8.05. The summed E-state index contributed by atoms with van der Waals surface area (Å²) < 4.78 is 10.4. The van der Waals surface area contributed by atoms with Crippen LogP contribution in [0.15, 0.2) is 18.2 Å². The van der Waals surface area contributed by atoms with E-state index >= 15 is 0 Å². The number of benzene rings is 1. The van der Waals surface area contributed by atoms with Crippen molar-refractivity contribution < 1.29 is 19.1 Å². The summed E-state index contributed by atoms with van der Waals surface area (Å²) in [6.45, 7) is 4.44. The normalized spacial score (nSPS) is 15.2. The molecule has 7 nitrogen and oxygen atoms in total. The van der Waals surface area contributed by atoms with E-state index in [0.717, 1.165) is 5.56 Å². The van der Waals surface area contributed by atoms with Crippen LogP contribution in [0.5, 0.6) is 0 Å². The minimum atomic E-state index is -0.316. The number of nitrogens with one attached hydrogen (secondary N) is 1. The molecule has 8 heteroatoms. The van der Waals surface area contributed by atoms with Crippen LogP contribution in [0.2, 0.25) is 0 Å². The number of morpholine rings is 1. The van der Waals surface area contributed by atoms with Crippen LogP contribution in [-0.4, -0.2) is 62.8 Å². The molecule has 140 valence electrons. The van der Waals surface area contributed by atoms with Gasteiger partial charge in [0.1, 0.15) is 0 Å². The van der Waals surface area contributed by atoms with Crippen molar-refractivity contribution in [2.75, 3.05) is 45.3 Å². The van der Waals surface area contributed by atoms with E-state index in [9.17, 15) is 9.59 Å². The van der Waals surface area contributed by atoms with E-state index in [4.69, 9.17) is 15.2 Å². The number of rotatable bonds is 6. The molecule has 1 atom stereocenters. The highest BCUT2D eigenvalue weighted by molar-refractivity contribution is 5.98. The van der Waals surface area contributed by atoms with Crippen LogP contribution in [0.25, 0.3) is 0 Å². The molecule has 3 N–H and O–H groups in total. The van der Waals surface area contributed by atoms with Crippen molar-refractivity contribution in [3.05, 3.63) is 29.3 Å². The van der Waals surface area contributed by atoms with E-state index in [1.54, 1.807) is 17.0 Å². The average Bonchev–Trinajstić information content (AvgIpc) is 2.61. The summed E-state index contributed by atoms with van der Waals surface area (Å²) in [7, 11) is 1.53. The summed E-state index contributed by atoms with van der Waals surface area (Å²) >= 11 is 0. The molecule has 2 amide bonds. The molecule has 1 fully saturated rings. The maximum Gasteiger partial charge on any atom is 0.254 e. The Balaban J connectivity index is 0.00000312. The maximum atomic E-state index is 12.5. The molecule has 1 saturated heterocycles. The van der Waals surface area contributed by atoms with Crippen molar-refractivity contribution in [2.24, 2.45) is 5.73 Å². The van der Waals surface area contributed by atoms with Crippen molar-refractivity contribution in [3.8, 4) is 0 Å². The van der Waals surface area contributed by atoms with Gasteiger partial charge in [0.05, 0.1) is 25.7 Å². The fourth-order valence-electron chi connectivity index (χ4n) is 2.51. The first kappa shape index (κ1) is 21.4. The quantitative estimate of drug-likeness (QED) is 0.783. The Bertz CT molecular complexity index is 587. The maximum absolute atomic E-state index is 12.5. The van der Waals surface area contributed by atoms with Crippen LogP contribution < -0.4 is 11.1 Å². The fraction of sp³-hybridized carbons (Fsp3) is 0.529. The Morgan fingerprint density at radius 2 is 2.04 bits per heavy atom.